The van der Waals surface area contributed by atoms with Crippen LogP contribution < -0.4 is 0 Å². The third kappa shape index (κ3) is 3.44. The van der Waals surface area contributed by atoms with Crippen LogP contribution in [0, 0.1) is 5.92 Å². The van der Waals surface area contributed by atoms with Crippen LogP contribution in [0.3, 0.4) is 0 Å². The summed E-state index contributed by atoms with van der Waals surface area (Å²) in [6.07, 6.45) is -2.94. The molecule has 0 bridgehead atoms. The Hall–Kier alpha value is -0.580. The van der Waals surface area contributed by atoms with Gasteiger partial charge in [0.25, 0.3) is 0 Å². The van der Waals surface area contributed by atoms with E-state index < -0.39 is 11.7 Å². The van der Waals surface area contributed by atoms with Gasteiger partial charge in [0.05, 0.1) is 11.3 Å². The third-order valence-electron chi connectivity index (χ3n) is 2.67. The molecule has 96 valence electrons. The summed E-state index contributed by atoms with van der Waals surface area (Å²) in [6, 6.07) is 2.41. The van der Waals surface area contributed by atoms with Gasteiger partial charge in [0, 0.05) is 16.9 Å². The predicted octanol–water partition coefficient (Wildman–Crippen LogP) is 4.62. The molecule has 17 heavy (non-hydrogen) atoms. The van der Waals surface area contributed by atoms with Gasteiger partial charge in [-0.1, -0.05) is 36.7 Å². The largest absolute Gasteiger partial charge is 0.418 e. The molecule has 0 saturated carbocycles. The lowest BCUT2D eigenvalue weighted by Gasteiger charge is -2.25. The Kier molecular flexibility index (Phi) is 4.58. The standard InChI is InChI=1S/C12H15BrF3N/c1-7(2)10(8(3)13)11-9(12(14,15)16)5-4-6-17-11/h4-8,10H,1-3H3. The van der Waals surface area contributed by atoms with E-state index in [-0.39, 0.29) is 22.4 Å². The molecule has 1 aromatic heterocycles. The molecule has 0 aliphatic rings. The van der Waals surface area contributed by atoms with Gasteiger partial charge in [-0.2, -0.15) is 13.2 Å². The van der Waals surface area contributed by atoms with Gasteiger partial charge in [-0.25, -0.2) is 0 Å². The Morgan fingerprint density at radius 1 is 1.24 bits per heavy atom. The Balaban J connectivity index is 3.29. The SMILES string of the molecule is CC(C)C(c1ncccc1C(F)(F)F)C(C)Br. The van der Waals surface area contributed by atoms with E-state index >= 15 is 0 Å². The fourth-order valence-electron chi connectivity index (χ4n) is 1.99. The topological polar surface area (TPSA) is 12.9 Å². The van der Waals surface area contributed by atoms with Crippen LogP contribution >= 0.6 is 15.9 Å². The van der Waals surface area contributed by atoms with Gasteiger partial charge in [0.15, 0.2) is 0 Å². The quantitative estimate of drug-likeness (QED) is 0.742. The molecule has 5 heteroatoms. The van der Waals surface area contributed by atoms with Crippen LogP contribution in [0.15, 0.2) is 18.3 Å². The molecule has 0 fully saturated rings. The van der Waals surface area contributed by atoms with Gasteiger partial charge in [0.1, 0.15) is 0 Å². The van der Waals surface area contributed by atoms with Gasteiger partial charge >= 0.3 is 6.18 Å². The van der Waals surface area contributed by atoms with Crippen molar-refractivity contribution in [3.63, 3.8) is 0 Å². The van der Waals surface area contributed by atoms with Crippen LogP contribution in [0.4, 0.5) is 13.2 Å². The first kappa shape index (κ1) is 14.5. The molecule has 2 atom stereocenters. The molecule has 1 rings (SSSR count). The first-order valence-corrected chi connectivity index (χ1v) is 6.33. The first-order chi connectivity index (χ1) is 7.75. The van der Waals surface area contributed by atoms with Crippen molar-refractivity contribution in [3.05, 3.63) is 29.6 Å². The molecular formula is C12H15BrF3N. The summed E-state index contributed by atoms with van der Waals surface area (Å²) in [6.45, 7) is 5.65. The van der Waals surface area contributed by atoms with Crippen LogP contribution in [0.1, 0.15) is 37.9 Å². The predicted molar refractivity (Wildman–Crippen MR) is 65.2 cm³/mol. The number of nitrogens with zero attached hydrogens (tertiary/aromatic N) is 1. The van der Waals surface area contributed by atoms with Crippen LogP contribution in [0.2, 0.25) is 0 Å². The van der Waals surface area contributed by atoms with Crippen molar-refractivity contribution in [3.8, 4) is 0 Å². The average Bonchev–Trinajstić information content (AvgIpc) is 2.15. The minimum Gasteiger partial charge on any atom is -0.260 e. The number of hydrogen-bond acceptors (Lipinski definition) is 1. The van der Waals surface area contributed by atoms with E-state index in [0.29, 0.717) is 0 Å². The summed E-state index contributed by atoms with van der Waals surface area (Å²) in [5.74, 6) is -0.173. The molecular weight excluding hydrogens is 295 g/mol. The molecule has 0 aliphatic heterocycles. The highest BCUT2D eigenvalue weighted by Gasteiger charge is 2.37. The summed E-state index contributed by atoms with van der Waals surface area (Å²) in [4.78, 5) is 3.88. The Bertz CT molecular complexity index is 366. The summed E-state index contributed by atoms with van der Waals surface area (Å²) >= 11 is 3.37. The maximum absolute atomic E-state index is 12.9. The summed E-state index contributed by atoms with van der Waals surface area (Å²) in [7, 11) is 0. The van der Waals surface area contributed by atoms with E-state index in [2.05, 4.69) is 20.9 Å². The van der Waals surface area contributed by atoms with E-state index in [1.165, 1.54) is 12.3 Å². The Morgan fingerprint density at radius 3 is 2.24 bits per heavy atom. The first-order valence-electron chi connectivity index (χ1n) is 5.41. The second-order valence-corrected chi connectivity index (χ2v) is 5.83. The van der Waals surface area contributed by atoms with Gasteiger partial charge < -0.3 is 0 Å². The highest BCUT2D eigenvalue weighted by Crippen LogP contribution is 2.39. The molecule has 0 amide bonds. The number of rotatable bonds is 3. The number of halogens is 4. The molecule has 1 heterocycles. The average molecular weight is 310 g/mol. The fourth-order valence-corrected chi connectivity index (χ4v) is 2.85. The molecule has 0 radical (unpaired) electrons. The van der Waals surface area contributed by atoms with Crippen molar-refractivity contribution in [2.45, 2.75) is 37.7 Å². The molecule has 0 N–H and O–H groups in total. The van der Waals surface area contributed by atoms with E-state index in [0.717, 1.165) is 6.07 Å². The monoisotopic (exact) mass is 309 g/mol. The van der Waals surface area contributed by atoms with E-state index in [9.17, 15) is 13.2 Å². The number of aromatic nitrogens is 1. The van der Waals surface area contributed by atoms with Crippen molar-refractivity contribution >= 4 is 15.9 Å². The minimum atomic E-state index is -4.35. The van der Waals surface area contributed by atoms with Gasteiger partial charge in [-0.3, -0.25) is 4.98 Å². The van der Waals surface area contributed by atoms with Crippen LogP contribution in [-0.4, -0.2) is 9.81 Å². The summed E-state index contributed by atoms with van der Waals surface area (Å²) in [5, 5.41) is 0. The normalized spacial score (nSPS) is 16.0. The zero-order valence-electron chi connectivity index (χ0n) is 9.92. The van der Waals surface area contributed by atoms with Crippen molar-refractivity contribution in [2.75, 3.05) is 0 Å². The number of alkyl halides is 4. The van der Waals surface area contributed by atoms with Gasteiger partial charge in [-0.05, 0) is 18.1 Å². The van der Waals surface area contributed by atoms with E-state index in [1.54, 1.807) is 0 Å². The van der Waals surface area contributed by atoms with E-state index in [4.69, 9.17) is 0 Å². The molecule has 1 nitrogen and oxygen atoms in total. The molecule has 1 aromatic rings. The maximum atomic E-state index is 12.9. The molecule has 2 unspecified atom stereocenters. The van der Waals surface area contributed by atoms with Crippen molar-refractivity contribution in [1.29, 1.82) is 0 Å². The Labute approximate surface area is 108 Å². The zero-order valence-corrected chi connectivity index (χ0v) is 11.5. The van der Waals surface area contributed by atoms with Crippen molar-refractivity contribution < 1.29 is 13.2 Å². The molecule has 0 aliphatic carbocycles. The third-order valence-corrected chi connectivity index (χ3v) is 3.24. The van der Waals surface area contributed by atoms with Crippen LogP contribution in [0.25, 0.3) is 0 Å². The molecule has 0 saturated heterocycles. The van der Waals surface area contributed by atoms with Gasteiger partial charge in [-0.15, -0.1) is 0 Å². The fraction of sp³-hybridized carbons (Fsp3) is 0.583. The summed E-state index contributed by atoms with van der Waals surface area (Å²) < 4.78 is 38.6. The smallest absolute Gasteiger partial charge is 0.260 e. The second-order valence-electron chi connectivity index (χ2n) is 4.38. The lowest BCUT2D eigenvalue weighted by molar-refractivity contribution is -0.138. The number of hydrogen-bond donors (Lipinski definition) is 0. The molecule has 0 aromatic carbocycles. The molecule has 0 spiro atoms. The van der Waals surface area contributed by atoms with Crippen LogP contribution in [-0.2, 0) is 6.18 Å². The summed E-state index contributed by atoms with van der Waals surface area (Å²) in [5.41, 5.74) is -0.510. The Morgan fingerprint density at radius 2 is 1.82 bits per heavy atom. The van der Waals surface area contributed by atoms with Gasteiger partial charge in [0.2, 0.25) is 0 Å². The maximum Gasteiger partial charge on any atom is 0.418 e. The minimum absolute atomic E-state index is 0.0569. The highest BCUT2D eigenvalue weighted by atomic mass is 79.9. The van der Waals surface area contributed by atoms with Crippen LogP contribution in [0.5, 0.6) is 0 Å². The lowest BCUT2D eigenvalue weighted by atomic mass is 9.87. The van der Waals surface area contributed by atoms with Crippen molar-refractivity contribution in [2.24, 2.45) is 5.92 Å². The second kappa shape index (κ2) is 5.38. The lowest BCUT2D eigenvalue weighted by Crippen LogP contribution is -2.22. The highest BCUT2D eigenvalue weighted by molar-refractivity contribution is 9.09. The number of pyridine rings is 1. The zero-order chi connectivity index (χ0) is 13.2. The van der Waals surface area contributed by atoms with E-state index in [1.807, 2.05) is 20.8 Å². The van der Waals surface area contributed by atoms with Crippen molar-refractivity contribution in [1.82, 2.24) is 4.98 Å².